The zero-order chi connectivity index (χ0) is 15.9. The van der Waals surface area contributed by atoms with Gasteiger partial charge in [0.05, 0.1) is 11.3 Å². The van der Waals surface area contributed by atoms with E-state index in [9.17, 15) is 14.7 Å². The summed E-state index contributed by atoms with van der Waals surface area (Å²) in [5.41, 5.74) is 0.204. The third-order valence-electron chi connectivity index (χ3n) is 3.92. The Balaban J connectivity index is 2.44. The molecule has 22 heavy (non-hydrogen) atoms. The average Bonchev–Trinajstić information content (AvgIpc) is 2.64. The van der Waals surface area contributed by atoms with Crippen LogP contribution >= 0.6 is 0 Å². The van der Waals surface area contributed by atoms with Crippen LogP contribution in [0.3, 0.4) is 0 Å². The monoisotopic (exact) mass is 294 g/mol. The maximum atomic E-state index is 12.6. The van der Waals surface area contributed by atoms with Crippen LogP contribution in [0.5, 0.6) is 5.75 Å². The molecule has 3 aromatic carbocycles. The van der Waals surface area contributed by atoms with Crippen molar-refractivity contribution < 1.29 is 15.0 Å². The van der Waals surface area contributed by atoms with E-state index in [1.807, 2.05) is 12.1 Å². The predicted octanol–water partition coefficient (Wildman–Crippen LogP) is 3.25. The van der Waals surface area contributed by atoms with E-state index in [0.717, 1.165) is 5.39 Å². The zero-order valence-electron chi connectivity index (χ0n) is 11.9. The smallest absolute Gasteiger partial charge is 0.310 e. The fraction of sp³-hybridized carbons (Fsp3) is 0.111. The second-order valence-electron chi connectivity index (χ2n) is 5.31. The number of hydrogen-bond donors (Lipinski definition) is 2. The van der Waals surface area contributed by atoms with Crippen LogP contribution in [0.15, 0.2) is 53.3 Å². The fourth-order valence-corrected chi connectivity index (χ4v) is 2.61. The number of carboxylic acid groups (broad SMARTS) is 1. The number of aliphatic carboxylic acids is 1. The Bertz CT molecular complexity index is 960. The molecule has 0 aromatic heterocycles. The first-order valence-electron chi connectivity index (χ1n) is 6.90. The highest BCUT2D eigenvalue weighted by atomic mass is 16.4. The normalized spacial score (nSPS) is 12.4. The molecule has 0 saturated heterocycles. The molecule has 0 aliphatic carbocycles. The van der Waals surface area contributed by atoms with Crippen LogP contribution in [0.2, 0.25) is 0 Å². The molecular formula is C18H14O4. The van der Waals surface area contributed by atoms with Crippen molar-refractivity contribution in [3.8, 4) is 5.75 Å². The van der Waals surface area contributed by atoms with E-state index in [2.05, 4.69) is 0 Å². The first-order chi connectivity index (χ1) is 10.5. The van der Waals surface area contributed by atoms with E-state index < -0.39 is 11.9 Å². The molecule has 0 spiro atoms. The average molecular weight is 294 g/mol. The molecule has 0 aliphatic heterocycles. The lowest BCUT2D eigenvalue weighted by Gasteiger charge is -2.08. The van der Waals surface area contributed by atoms with Gasteiger partial charge in [-0.3, -0.25) is 9.59 Å². The number of carboxylic acids is 1. The van der Waals surface area contributed by atoms with Crippen LogP contribution in [0.4, 0.5) is 0 Å². The zero-order valence-corrected chi connectivity index (χ0v) is 11.9. The second kappa shape index (κ2) is 5.15. The van der Waals surface area contributed by atoms with Gasteiger partial charge >= 0.3 is 5.97 Å². The van der Waals surface area contributed by atoms with Crippen molar-refractivity contribution in [2.24, 2.45) is 0 Å². The van der Waals surface area contributed by atoms with E-state index in [-0.39, 0.29) is 16.6 Å². The van der Waals surface area contributed by atoms with Crippen molar-refractivity contribution in [3.63, 3.8) is 0 Å². The van der Waals surface area contributed by atoms with E-state index >= 15 is 0 Å². The third-order valence-corrected chi connectivity index (χ3v) is 3.92. The van der Waals surface area contributed by atoms with Crippen LogP contribution in [-0.2, 0) is 4.79 Å². The predicted molar refractivity (Wildman–Crippen MR) is 85.4 cm³/mol. The van der Waals surface area contributed by atoms with E-state index in [1.165, 1.54) is 6.07 Å². The molecule has 0 amide bonds. The SMILES string of the molecule is CC(C(=O)O)c1cc(O)c2c(=O)c3ccccc3ccc2c1. The first kappa shape index (κ1) is 14.1. The van der Waals surface area contributed by atoms with Crippen molar-refractivity contribution in [1.82, 2.24) is 0 Å². The summed E-state index contributed by atoms with van der Waals surface area (Å²) in [6.07, 6.45) is 0. The van der Waals surface area contributed by atoms with Gasteiger partial charge in [0.25, 0.3) is 0 Å². The summed E-state index contributed by atoms with van der Waals surface area (Å²) in [7, 11) is 0. The highest BCUT2D eigenvalue weighted by molar-refractivity contribution is 5.97. The van der Waals surface area contributed by atoms with Crippen molar-refractivity contribution in [2.45, 2.75) is 12.8 Å². The Morgan fingerprint density at radius 1 is 1.05 bits per heavy atom. The minimum atomic E-state index is -0.980. The minimum Gasteiger partial charge on any atom is -0.507 e. The second-order valence-corrected chi connectivity index (χ2v) is 5.31. The van der Waals surface area contributed by atoms with Crippen LogP contribution < -0.4 is 5.43 Å². The van der Waals surface area contributed by atoms with E-state index in [4.69, 9.17) is 5.11 Å². The number of fused-ring (bicyclic) bond motifs is 2. The Labute approximate surface area is 126 Å². The maximum absolute atomic E-state index is 12.6. The van der Waals surface area contributed by atoms with Crippen LogP contribution in [-0.4, -0.2) is 16.2 Å². The van der Waals surface area contributed by atoms with Gasteiger partial charge in [0.1, 0.15) is 5.75 Å². The van der Waals surface area contributed by atoms with Gasteiger partial charge in [-0.2, -0.15) is 0 Å². The number of rotatable bonds is 2. The standard InChI is InChI=1S/C18H14O4/c1-10(18(21)22)13-8-12-7-6-11-4-2-3-5-14(11)17(20)16(12)15(19)9-13/h2-10,19H,1H3,(H,21,22). The van der Waals surface area contributed by atoms with Crippen LogP contribution in [0.1, 0.15) is 18.4 Å². The molecule has 0 saturated carbocycles. The summed E-state index contributed by atoms with van der Waals surface area (Å²) < 4.78 is 0. The number of benzene rings is 2. The van der Waals surface area contributed by atoms with Gasteiger partial charge in [0.2, 0.25) is 0 Å². The molecule has 3 rings (SSSR count). The Morgan fingerprint density at radius 3 is 2.45 bits per heavy atom. The lowest BCUT2D eigenvalue weighted by molar-refractivity contribution is -0.138. The number of phenols is 1. The molecule has 0 radical (unpaired) electrons. The summed E-state index contributed by atoms with van der Waals surface area (Å²) in [6.45, 7) is 1.54. The quantitative estimate of drug-likeness (QED) is 0.761. The van der Waals surface area contributed by atoms with E-state index in [0.29, 0.717) is 16.3 Å². The molecule has 0 heterocycles. The van der Waals surface area contributed by atoms with E-state index in [1.54, 1.807) is 37.3 Å². The third kappa shape index (κ3) is 2.19. The molecule has 1 unspecified atom stereocenters. The number of hydrogen-bond acceptors (Lipinski definition) is 3. The summed E-state index contributed by atoms with van der Waals surface area (Å²) >= 11 is 0. The molecule has 4 heteroatoms. The van der Waals surface area contributed by atoms with Crippen molar-refractivity contribution >= 4 is 27.5 Å². The van der Waals surface area contributed by atoms with Gasteiger partial charge in [-0.05, 0) is 35.4 Å². The van der Waals surface area contributed by atoms with Gasteiger partial charge in [-0.15, -0.1) is 0 Å². The van der Waals surface area contributed by atoms with Gasteiger partial charge in [0, 0.05) is 5.39 Å². The summed E-state index contributed by atoms with van der Waals surface area (Å²) in [5, 5.41) is 21.4. The Morgan fingerprint density at radius 2 is 1.73 bits per heavy atom. The summed E-state index contributed by atoms with van der Waals surface area (Å²) in [6, 6.07) is 13.7. The Kier molecular flexibility index (Phi) is 3.29. The summed E-state index contributed by atoms with van der Waals surface area (Å²) in [4.78, 5) is 23.8. The first-order valence-corrected chi connectivity index (χ1v) is 6.90. The highest BCUT2D eigenvalue weighted by Crippen LogP contribution is 2.28. The highest BCUT2D eigenvalue weighted by Gasteiger charge is 2.17. The molecule has 110 valence electrons. The lowest BCUT2D eigenvalue weighted by Crippen LogP contribution is -2.08. The van der Waals surface area contributed by atoms with Crippen molar-refractivity contribution in [3.05, 3.63) is 64.3 Å². The molecular weight excluding hydrogens is 280 g/mol. The molecule has 3 aromatic rings. The van der Waals surface area contributed by atoms with Crippen LogP contribution in [0, 0.1) is 0 Å². The lowest BCUT2D eigenvalue weighted by atomic mass is 9.98. The van der Waals surface area contributed by atoms with Gasteiger partial charge in [-0.1, -0.05) is 36.4 Å². The van der Waals surface area contributed by atoms with Gasteiger partial charge < -0.3 is 10.2 Å². The van der Waals surface area contributed by atoms with Crippen LogP contribution in [0.25, 0.3) is 21.5 Å². The maximum Gasteiger partial charge on any atom is 0.310 e. The summed E-state index contributed by atoms with van der Waals surface area (Å²) in [5.74, 6) is -1.93. The fourth-order valence-electron chi connectivity index (χ4n) is 2.61. The largest absolute Gasteiger partial charge is 0.507 e. The number of phenolic OH excluding ortho intramolecular Hbond substituents is 1. The minimum absolute atomic E-state index is 0.188. The molecule has 4 nitrogen and oxygen atoms in total. The Hall–Kier alpha value is -2.88. The molecule has 1 atom stereocenters. The molecule has 0 bridgehead atoms. The van der Waals surface area contributed by atoms with Gasteiger partial charge in [0.15, 0.2) is 5.43 Å². The number of carbonyl (C=O) groups is 1. The molecule has 0 aliphatic rings. The van der Waals surface area contributed by atoms with Crippen molar-refractivity contribution in [2.75, 3.05) is 0 Å². The number of aromatic hydroxyl groups is 1. The van der Waals surface area contributed by atoms with Crippen molar-refractivity contribution in [1.29, 1.82) is 0 Å². The van der Waals surface area contributed by atoms with Gasteiger partial charge in [-0.25, -0.2) is 0 Å². The topological polar surface area (TPSA) is 74.6 Å². The molecule has 2 N–H and O–H groups in total. The molecule has 0 fully saturated rings.